The van der Waals surface area contributed by atoms with Gasteiger partial charge in [-0.2, -0.15) is 4.98 Å². The average Bonchev–Trinajstić information content (AvgIpc) is 3.10. The Morgan fingerprint density at radius 2 is 1.80 bits per heavy atom. The first-order valence-corrected chi connectivity index (χ1v) is 10.3. The SMILES string of the molecule is CCOc1ccccc1CNc1nccc(NCCc2cn(C)c3ccccc23)n1. The second-order valence-corrected chi connectivity index (χ2v) is 7.12. The van der Waals surface area contributed by atoms with E-state index in [1.165, 1.54) is 16.5 Å². The number of hydrogen-bond donors (Lipinski definition) is 2. The van der Waals surface area contributed by atoms with E-state index in [9.17, 15) is 0 Å². The van der Waals surface area contributed by atoms with Crippen LogP contribution in [0.4, 0.5) is 11.8 Å². The molecule has 0 amide bonds. The van der Waals surface area contributed by atoms with Crippen molar-refractivity contribution in [3.8, 4) is 5.75 Å². The van der Waals surface area contributed by atoms with Gasteiger partial charge in [0.05, 0.1) is 6.61 Å². The highest BCUT2D eigenvalue weighted by atomic mass is 16.5. The maximum absolute atomic E-state index is 5.68. The minimum atomic E-state index is 0.594. The number of nitrogens with zero attached hydrogens (tertiary/aromatic N) is 3. The Hall–Kier alpha value is -3.54. The molecule has 0 saturated carbocycles. The largest absolute Gasteiger partial charge is 0.494 e. The Labute approximate surface area is 176 Å². The molecule has 0 aliphatic heterocycles. The zero-order chi connectivity index (χ0) is 20.8. The Kier molecular flexibility index (Phi) is 6.13. The minimum Gasteiger partial charge on any atom is -0.494 e. The van der Waals surface area contributed by atoms with E-state index in [2.05, 4.69) is 62.7 Å². The number of ether oxygens (including phenoxy) is 1. The third-order valence-corrected chi connectivity index (χ3v) is 5.04. The molecule has 4 aromatic rings. The lowest BCUT2D eigenvalue weighted by Gasteiger charge is -2.11. The Morgan fingerprint density at radius 1 is 0.967 bits per heavy atom. The first kappa shape index (κ1) is 19.8. The van der Waals surface area contributed by atoms with Crippen molar-refractivity contribution in [3.05, 3.63) is 78.1 Å². The fraction of sp³-hybridized carbons (Fsp3) is 0.250. The summed E-state index contributed by atoms with van der Waals surface area (Å²) in [5.74, 6) is 2.29. The third kappa shape index (κ3) is 4.54. The van der Waals surface area contributed by atoms with Gasteiger partial charge in [0.25, 0.3) is 0 Å². The van der Waals surface area contributed by atoms with Gasteiger partial charge in [0.15, 0.2) is 0 Å². The van der Waals surface area contributed by atoms with Gasteiger partial charge in [-0.25, -0.2) is 4.98 Å². The molecule has 2 aromatic heterocycles. The summed E-state index contributed by atoms with van der Waals surface area (Å²) in [7, 11) is 2.09. The average molecular weight is 402 g/mol. The summed E-state index contributed by atoms with van der Waals surface area (Å²) in [4.78, 5) is 8.92. The molecule has 2 aromatic carbocycles. The van der Waals surface area contributed by atoms with Crippen molar-refractivity contribution >= 4 is 22.7 Å². The van der Waals surface area contributed by atoms with Crippen LogP contribution >= 0.6 is 0 Å². The number of fused-ring (bicyclic) bond motifs is 1. The van der Waals surface area contributed by atoms with E-state index in [0.29, 0.717) is 19.1 Å². The lowest BCUT2D eigenvalue weighted by atomic mass is 10.1. The molecule has 6 heteroatoms. The summed E-state index contributed by atoms with van der Waals surface area (Å²) in [5, 5.41) is 8.01. The van der Waals surface area contributed by atoms with Gasteiger partial charge < -0.3 is 19.9 Å². The van der Waals surface area contributed by atoms with Crippen LogP contribution in [-0.2, 0) is 20.0 Å². The quantitative estimate of drug-likeness (QED) is 0.428. The van der Waals surface area contributed by atoms with Crippen LogP contribution in [0.3, 0.4) is 0 Å². The second kappa shape index (κ2) is 9.31. The zero-order valence-corrected chi connectivity index (χ0v) is 17.4. The molecular weight excluding hydrogens is 374 g/mol. The number of nitrogens with one attached hydrogen (secondary N) is 2. The van der Waals surface area contributed by atoms with Crippen LogP contribution in [0.15, 0.2) is 67.0 Å². The molecule has 0 aliphatic carbocycles. The van der Waals surface area contributed by atoms with Crippen molar-refractivity contribution in [1.82, 2.24) is 14.5 Å². The van der Waals surface area contributed by atoms with E-state index >= 15 is 0 Å². The lowest BCUT2D eigenvalue weighted by Crippen LogP contribution is -2.09. The molecule has 30 heavy (non-hydrogen) atoms. The van der Waals surface area contributed by atoms with Crippen molar-refractivity contribution in [1.29, 1.82) is 0 Å². The number of hydrogen-bond acceptors (Lipinski definition) is 5. The van der Waals surface area contributed by atoms with Crippen molar-refractivity contribution in [2.75, 3.05) is 23.8 Å². The standard InChI is InChI=1S/C24H27N5O/c1-3-30-22-11-7-4-8-18(22)16-27-24-26-15-13-23(28-24)25-14-12-19-17-29(2)21-10-6-5-9-20(19)21/h4-11,13,15,17H,3,12,14,16H2,1-2H3,(H2,25,26,27,28). The first-order valence-electron chi connectivity index (χ1n) is 10.3. The highest BCUT2D eigenvalue weighted by Gasteiger charge is 2.07. The van der Waals surface area contributed by atoms with Crippen LogP contribution in [0.2, 0.25) is 0 Å². The van der Waals surface area contributed by atoms with Gasteiger partial charge in [-0.3, -0.25) is 0 Å². The lowest BCUT2D eigenvalue weighted by molar-refractivity contribution is 0.337. The molecule has 0 radical (unpaired) electrons. The van der Waals surface area contributed by atoms with Crippen molar-refractivity contribution < 1.29 is 4.74 Å². The van der Waals surface area contributed by atoms with Crippen LogP contribution in [0.25, 0.3) is 10.9 Å². The Balaban J connectivity index is 1.36. The van der Waals surface area contributed by atoms with E-state index in [4.69, 9.17) is 4.74 Å². The molecule has 2 N–H and O–H groups in total. The van der Waals surface area contributed by atoms with E-state index in [0.717, 1.165) is 30.1 Å². The number of benzene rings is 2. The number of aryl methyl sites for hydroxylation is 1. The maximum atomic E-state index is 5.68. The summed E-state index contributed by atoms with van der Waals surface area (Å²) in [6.45, 7) is 4.04. The molecule has 0 spiro atoms. The van der Waals surface area contributed by atoms with Gasteiger partial charge in [0.2, 0.25) is 5.95 Å². The predicted molar refractivity (Wildman–Crippen MR) is 122 cm³/mol. The minimum absolute atomic E-state index is 0.594. The third-order valence-electron chi connectivity index (χ3n) is 5.04. The van der Waals surface area contributed by atoms with Crippen LogP contribution in [0.1, 0.15) is 18.1 Å². The van der Waals surface area contributed by atoms with E-state index in [1.807, 2.05) is 37.3 Å². The van der Waals surface area contributed by atoms with Crippen LogP contribution in [0, 0.1) is 0 Å². The normalized spacial score (nSPS) is 10.9. The number of aromatic nitrogens is 3. The molecular formula is C24H27N5O. The van der Waals surface area contributed by atoms with E-state index < -0.39 is 0 Å². The number of anilines is 2. The van der Waals surface area contributed by atoms with Crippen molar-refractivity contribution in [2.45, 2.75) is 19.9 Å². The first-order chi connectivity index (χ1) is 14.7. The van der Waals surface area contributed by atoms with Gasteiger partial charge in [-0.15, -0.1) is 0 Å². The fourth-order valence-electron chi connectivity index (χ4n) is 3.61. The second-order valence-electron chi connectivity index (χ2n) is 7.12. The molecule has 6 nitrogen and oxygen atoms in total. The van der Waals surface area contributed by atoms with Crippen molar-refractivity contribution in [3.63, 3.8) is 0 Å². The summed E-state index contributed by atoms with van der Waals surface area (Å²) < 4.78 is 7.86. The summed E-state index contributed by atoms with van der Waals surface area (Å²) >= 11 is 0. The van der Waals surface area contributed by atoms with Gasteiger partial charge in [-0.1, -0.05) is 36.4 Å². The molecule has 0 atom stereocenters. The molecule has 154 valence electrons. The highest BCUT2D eigenvalue weighted by molar-refractivity contribution is 5.83. The molecule has 0 saturated heterocycles. The van der Waals surface area contributed by atoms with Crippen LogP contribution in [0.5, 0.6) is 5.75 Å². The molecule has 0 bridgehead atoms. The monoisotopic (exact) mass is 401 g/mol. The summed E-state index contributed by atoms with van der Waals surface area (Å²) in [6.07, 6.45) is 4.90. The van der Waals surface area contributed by atoms with Gasteiger partial charge >= 0.3 is 0 Å². The van der Waals surface area contributed by atoms with E-state index in [1.54, 1.807) is 6.20 Å². The molecule has 0 fully saturated rings. The molecule has 0 aliphatic rings. The zero-order valence-electron chi connectivity index (χ0n) is 17.4. The van der Waals surface area contributed by atoms with Crippen LogP contribution < -0.4 is 15.4 Å². The Bertz CT molecular complexity index is 1120. The topological polar surface area (TPSA) is 64.0 Å². The maximum Gasteiger partial charge on any atom is 0.224 e. The molecule has 0 unspecified atom stereocenters. The van der Waals surface area contributed by atoms with Crippen molar-refractivity contribution in [2.24, 2.45) is 7.05 Å². The summed E-state index contributed by atoms with van der Waals surface area (Å²) in [6, 6.07) is 18.4. The summed E-state index contributed by atoms with van der Waals surface area (Å²) in [5.41, 5.74) is 3.67. The van der Waals surface area contributed by atoms with Crippen LogP contribution in [-0.4, -0.2) is 27.7 Å². The van der Waals surface area contributed by atoms with Gasteiger partial charge in [-0.05, 0) is 37.1 Å². The highest BCUT2D eigenvalue weighted by Crippen LogP contribution is 2.21. The predicted octanol–water partition coefficient (Wildman–Crippen LogP) is 4.63. The number of para-hydroxylation sites is 2. The Morgan fingerprint density at radius 3 is 2.70 bits per heavy atom. The smallest absolute Gasteiger partial charge is 0.224 e. The molecule has 4 rings (SSSR count). The van der Waals surface area contributed by atoms with Gasteiger partial charge in [0.1, 0.15) is 11.6 Å². The van der Waals surface area contributed by atoms with Gasteiger partial charge in [0, 0.05) is 49.0 Å². The molecule has 2 heterocycles. The number of rotatable bonds is 9. The fourth-order valence-corrected chi connectivity index (χ4v) is 3.61. The van der Waals surface area contributed by atoms with E-state index in [-0.39, 0.29) is 0 Å².